The van der Waals surface area contributed by atoms with E-state index in [0.717, 1.165) is 18.9 Å². The van der Waals surface area contributed by atoms with Gasteiger partial charge < -0.3 is 14.6 Å². The largest absolute Gasteiger partial charge is 0.394 e. The summed E-state index contributed by atoms with van der Waals surface area (Å²) in [4.78, 5) is 0. The first-order valence-electron chi connectivity index (χ1n) is 13.5. The molecule has 0 saturated heterocycles. The van der Waals surface area contributed by atoms with E-state index in [0.29, 0.717) is 6.61 Å². The van der Waals surface area contributed by atoms with Crippen LogP contribution in [0.2, 0.25) is 0 Å². The fraction of sp³-hybridized carbons (Fsp3) is 1.00. The third-order valence-corrected chi connectivity index (χ3v) is 6.42. The lowest BCUT2D eigenvalue weighted by atomic mass is 9.89. The predicted octanol–water partition coefficient (Wildman–Crippen LogP) is 8.08. The van der Waals surface area contributed by atoms with Gasteiger partial charge in [0.05, 0.1) is 13.2 Å². The zero-order chi connectivity index (χ0) is 22.1. The van der Waals surface area contributed by atoms with Gasteiger partial charge in [0.25, 0.3) is 0 Å². The minimum Gasteiger partial charge on any atom is -0.394 e. The molecule has 0 bridgehead atoms. The Bertz CT molecular complexity index is 288. The molecule has 0 aliphatic heterocycles. The Balaban J connectivity index is 3.82. The molecule has 1 atom stereocenters. The first-order valence-corrected chi connectivity index (χ1v) is 13.5. The van der Waals surface area contributed by atoms with Crippen molar-refractivity contribution in [3.8, 4) is 0 Å². The number of methoxy groups -OCH3 is 1. The third-order valence-electron chi connectivity index (χ3n) is 6.42. The molecule has 0 saturated carbocycles. The molecule has 182 valence electrons. The van der Waals surface area contributed by atoms with Gasteiger partial charge in [0.1, 0.15) is 6.10 Å². The van der Waals surface area contributed by atoms with Crippen LogP contribution in [0.1, 0.15) is 136 Å². The highest BCUT2D eigenvalue weighted by Crippen LogP contribution is 2.24. The zero-order valence-electron chi connectivity index (χ0n) is 21.0. The molecule has 1 N–H and O–H groups in total. The zero-order valence-corrected chi connectivity index (χ0v) is 21.0. The van der Waals surface area contributed by atoms with Crippen LogP contribution in [0.5, 0.6) is 0 Å². The molecule has 30 heavy (non-hydrogen) atoms. The lowest BCUT2D eigenvalue weighted by Gasteiger charge is -2.17. The van der Waals surface area contributed by atoms with Gasteiger partial charge in [-0.15, -0.1) is 0 Å². The monoisotopic (exact) mass is 428 g/mol. The molecule has 0 aromatic carbocycles. The van der Waals surface area contributed by atoms with Crippen molar-refractivity contribution < 1.29 is 14.6 Å². The van der Waals surface area contributed by atoms with Gasteiger partial charge in [0.15, 0.2) is 0 Å². The highest BCUT2D eigenvalue weighted by atomic mass is 16.5. The predicted molar refractivity (Wildman–Crippen MR) is 131 cm³/mol. The topological polar surface area (TPSA) is 38.7 Å². The number of ether oxygens (including phenoxy) is 2. The molecule has 1 unspecified atom stereocenters. The molecule has 0 rings (SSSR count). The highest BCUT2D eigenvalue weighted by molar-refractivity contribution is 4.62. The molecule has 3 nitrogen and oxygen atoms in total. The number of hydrogen-bond donors (Lipinski definition) is 1. The molecule has 0 radical (unpaired) electrons. The molecule has 0 aromatic heterocycles. The first kappa shape index (κ1) is 29.9. The smallest absolute Gasteiger partial charge is 0.103 e. The van der Waals surface area contributed by atoms with Gasteiger partial charge in [0, 0.05) is 13.7 Å². The fourth-order valence-corrected chi connectivity index (χ4v) is 4.26. The van der Waals surface area contributed by atoms with Crippen LogP contribution < -0.4 is 0 Å². The van der Waals surface area contributed by atoms with Crippen LogP contribution >= 0.6 is 0 Å². The maximum Gasteiger partial charge on any atom is 0.103 e. The summed E-state index contributed by atoms with van der Waals surface area (Å²) in [6.45, 7) is 5.93. The van der Waals surface area contributed by atoms with Crippen molar-refractivity contribution in [1.29, 1.82) is 0 Å². The molecule has 0 amide bonds. The van der Waals surface area contributed by atoms with E-state index in [9.17, 15) is 0 Å². The van der Waals surface area contributed by atoms with Gasteiger partial charge in [-0.05, 0) is 12.3 Å². The summed E-state index contributed by atoms with van der Waals surface area (Å²) < 4.78 is 10.7. The second kappa shape index (κ2) is 25.1. The SMILES string of the molecule is CCCCCCCCC(CCCCCCCC)CCCCCCOCC(CO)OC. The average molecular weight is 429 g/mol. The standard InChI is InChI=1S/C27H56O3/c1-4-6-8-10-12-16-20-26(21-17-13-11-9-7-5-2)22-18-14-15-19-23-30-25-27(24-28)29-3/h26-28H,4-25H2,1-3H3. The Morgan fingerprint density at radius 1 is 0.600 bits per heavy atom. The molecule has 0 aromatic rings. The normalized spacial score (nSPS) is 12.7. The quantitative estimate of drug-likeness (QED) is 0.149. The summed E-state index contributed by atoms with van der Waals surface area (Å²) in [6, 6.07) is 0. The molecule has 0 heterocycles. The van der Waals surface area contributed by atoms with Gasteiger partial charge >= 0.3 is 0 Å². The van der Waals surface area contributed by atoms with Crippen LogP contribution in [0.4, 0.5) is 0 Å². The summed E-state index contributed by atoms with van der Waals surface area (Å²) in [7, 11) is 1.62. The van der Waals surface area contributed by atoms with Gasteiger partial charge in [-0.3, -0.25) is 0 Å². The Morgan fingerprint density at radius 2 is 1.03 bits per heavy atom. The van der Waals surface area contributed by atoms with Crippen LogP contribution in [0.15, 0.2) is 0 Å². The van der Waals surface area contributed by atoms with Crippen LogP contribution in [-0.2, 0) is 9.47 Å². The van der Waals surface area contributed by atoms with Crippen molar-refractivity contribution in [1.82, 2.24) is 0 Å². The summed E-state index contributed by atoms with van der Waals surface area (Å²) in [6.07, 6.45) is 26.4. The van der Waals surface area contributed by atoms with E-state index in [4.69, 9.17) is 14.6 Å². The minimum absolute atomic E-state index is 0.0368. The first-order chi connectivity index (χ1) is 14.8. The molecule has 0 aliphatic carbocycles. The second-order valence-corrected chi connectivity index (χ2v) is 9.30. The number of aliphatic hydroxyl groups is 1. The summed E-state index contributed by atoms with van der Waals surface area (Å²) in [5, 5.41) is 9.08. The van der Waals surface area contributed by atoms with Gasteiger partial charge in [0.2, 0.25) is 0 Å². The van der Waals surface area contributed by atoms with Crippen LogP contribution in [0.3, 0.4) is 0 Å². The van der Waals surface area contributed by atoms with Crippen molar-refractivity contribution in [3.05, 3.63) is 0 Å². The maximum atomic E-state index is 9.08. The van der Waals surface area contributed by atoms with Crippen molar-refractivity contribution in [2.45, 2.75) is 142 Å². The van der Waals surface area contributed by atoms with Gasteiger partial charge in [-0.1, -0.05) is 129 Å². The second-order valence-electron chi connectivity index (χ2n) is 9.30. The lowest BCUT2D eigenvalue weighted by Crippen LogP contribution is -2.22. The highest BCUT2D eigenvalue weighted by Gasteiger charge is 2.09. The fourth-order valence-electron chi connectivity index (χ4n) is 4.26. The number of hydrogen-bond acceptors (Lipinski definition) is 3. The average Bonchev–Trinajstić information content (AvgIpc) is 2.76. The van der Waals surface area contributed by atoms with E-state index in [2.05, 4.69) is 13.8 Å². The maximum absolute atomic E-state index is 9.08. The summed E-state index contributed by atoms with van der Waals surface area (Å²) >= 11 is 0. The van der Waals surface area contributed by atoms with E-state index in [1.807, 2.05) is 0 Å². The van der Waals surface area contributed by atoms with Crippen LogP contribution in [0, 0.1) is 5.92 Å². The van der Waals surface area contributed by atoms with Crippen molar-refractivity contribution >= 4 is 0 Å². The van der Waals surface area contributed by atoms with E-state index in [1.165, 1.54) is 116 Å². The molecular formula is C27H56O3. The number of rotatable bonds is 25. The van der Waals surface area contributed by atoms with E-state index in [1.54, 1.807) is 7.11 Å². The Hall–Kier alpha value is -0.120. The number of unbranched alkanes of at least 4 members (excludes halogenated alkanes) is 13. The van der Waals surface area contributed by atoms with E-state index in [-0.39, 0.29) is 12.7 Å². The van der Waals surface area contributed by atoms with E-state index < -0.39 is 0 Å². The van der Waals surface area contributed by atoms with E-state index >= 15 is 0 Å². The molecule has 0 aliphatic rings. The van der Waals surface area contributed by atoms with Gasteiger partial charge in [-0.25, -0.2) is 0 Å². The van der Waals surface area contributed by atoms with Crippen molar-refractivity contribution in [2.75, 3.05) is 26.9 Å². The summed E-state index contributed by atoms with van der Waals surface area (Å²) in [5.41, 5.74) is 0. The minimum atomic E-state index is -0.172. The molecular weight excluding hydrogens is 372 g/mol. The van der Waals surface area contributed by atoms with Crippen LogP contribution in [0.25, 0.3) is 0 Å². The third kappa shape index (κ3) is 21.1. The Kier molecular flexibility index (Phi) is 25.0. The Labute approximate surface area is 189 Å². The number of aliphatic hydroxyl groups excluding tert-OH is 1. The summed E-state index contributed by atoms with van der Waals surface area (Å²) in [5.74, 6) is 0.964. The lowest BCUT2D eigenvalue weighted by molar-refractivity contribution is -0.0205. The van der Waals surface area contributed by atoms with Gasteiger partial charge in [-0.2, -0.15) is 0 Å². The van der Waals surface area contributed by atoms with Crippen LogP contribution in [-0.4, -0.2) is 38.1 Å². The molecule has 3 heteroatoms. The van der Waals surface area contributed by atoms with Crippen molar-refractivity contribution in [3.63, 3.8) is 0 Å². The molecule has 0 spiro atoms. The Morgan fingerprint density at radius 3 is 1.47 bits per heavy atom. The molecule has 0 fully saturated rings. The van der Waals surface area contributed by atoms with Crippen molar-refractivity contribution in [2.24, 2.45) is 5.92 Å².